The third kappa shape index (κ3) is 2.21. The van der Waals surface area contributed by atoms with Crippen LogP contribution in [-0.4, -0.2) is 0 Å². The Kier molecular flexibility index (Phi) is 3.48. The molecule has 1 aromatic heterocycles. The average molecular weight is 422 g/mol. The van der Waals surface area contributed by atoms with Crippen LogP contribution in [0.15, 0.2) is 40.2 Å². The molecule has 0 spiro atoms. The van der Waals surface area contributed by atoms with Gasteiger partial charge < -0.3 is 0 Å². The minimum atomic E-state index is 0.261. The van der Waals surface area contributed by atoms with E-state index in [1.807, 2.05) is 11.3 Å². The van der Waals surface area contributed by atoms with E-state index >= 15 is 0 Å². The maximum absolute atomic E-state index is 3.92. The minimum Gasteiger partial charge on any atom is -0.131 e. The van der Waals surface area contributed by atoms with Crippen LogP contribution in [0.4, 0.5) is 0 Å². The molecule has 21 heavy (non-hydrogen) atoms. The van der Waals surface area contributed by atoms with Crippen LogP contribution in [-0.2, 0) is 12.8 Å². The lowest BCUT2D eigenvalue weighted by Crippen LogP contribution is -1.93. The molecular weight excluding hydrogens is 408 g/mol. The molecule has 3 heteroatoms. The summed E-state index contributed by atoms with van der Waals surface area (Å²) in [7, 11) is 0. The second-order valence-electron chi connectivity index (χ2n) is 5.62. The van der Waals surface area contributed by atoms with Crippen LogP contribution in [0.3, 0.4) is 0 Å². The van der Waals surface area contributed by atoms with E-state index in [1.54, 1.807) is 0 Å². The lowest BCUT2D eigenvalue weighted by molar-refractivity contribution is 1.02. The standard InChI is InChI=1S/C18H14Br2S/c1-10-9-15(21-18(10)20)17(19)14-8-7-12-6-5-11-3-2-4-13(14)16(11)12/h2-4,7-9,17H,5-6H2,1H3. The first-order valence-corrected chi connectivity index (χ1v) is 9.61. The fourth-order valence-corrected chi connectivity index (χ4v) is 5.63. The van der Waals surface area contributed by atoms with E-state index in [1.165, 1.54) is 54.5 Å². The van der Waals surface area contributed by atoms with E-state index in [0.717, 1.165) is 0 Å². The number of halogens is 2. The van der Waals surface area contributed by atoms with E-state index in [0.29, 0.717) is 0 Å². The molecule has 106 valence electrons. The average Bonchev–Trinajstić information content (AvgIpc) is 3.05. The van der Waals surface area contributed by atoms with Crippen molar-refractivity contribution >= 4 is 54.0 Å². The van der Waals surface area contributed by atoms with Gasteiger partial charge in [0.1, 0.15) is 0 Å². The normalized spacial score (nSPS) is 14.8. The summed E-state index contributed by atoms with van der Waals surface area (Å²) in [5, 5.41) is 2.90. The van der Waals surface area contributed by atoms with Crippen molar-refractivity contribution < 1.29 is 0 Å². The van der Waals surface area contributed by atoms with Gasteiger partial charge in [0, 0.05) is 4.88 Å². The van der Waals surface area contributed by atoms with Crippen LogP contribution < -0.4 is 0 Å². The zero-order valence-corrected chi connectivity index (χ0v) is 15.6. The Morgan fingerprint density at radius 1 is 1.10 bits per heavy atom. The molecule has 0 saturated heterocycles. The minimum absolute atomic E-state index is 0.261. The molecule has 1 unspecified atom stereocenters. The highest BCUT2D eigenvalue weighted by Gasteiger charge is 2.21. The molecule has 1 heterocycles. The van der Waals surface area contributed by atoms with Crippen molar-refractivity contribution in [1.82, 2.24) is 0 Å². The van der Waals surface area contributed by atoms with Gasteiger partial charge in [-0.15, -0.1) is 11.3 Å². The summed E-state index contributed by atoms with van der Waals surface area (Å²) < 4.78 is 1.23. The van der Waals surface area contributed by atoms with Crippen molar-refractivity contribution in [1.29, 1.82) is 0 Å². The second-order valence-corrected chi connectivity index (χ2v) is 8.94. The van der Waals surface area contributed by atoms with Crippen LogP contribution in [0.25, 0.3) is 10.8 Å². The van der Waals surface area contributed by atoms with Crippen LogP contribution in [0.1, 0.15) is 32.0 Å². The predicted octanol–water partition coefficient (Wildman–Crippen LogP) is 6.56. The summed E-state index contributed by atoms with van der Waals surface area (Å²) in [4.78, 5) is 1.62. The van der Waals surface area contributed by atoms with E-state index in [4.69, 9.17) is 0 Å². The lowest BCUT2D eigenvalue weighted by atomic mass is 9.97. The third-order valence-corrected chi connectivity index (χ3v) is 7.80. The molecule has 4 rings (SSSR count). The number of hydrogen-bond donors (Lipinski definition) is 0. The summed E-state index contributed by atoms with van der Waals surface area (Å²) in [6, 6.07) is 13.6. The number of aryl methyl sites for hydroxylation is 3. The molecule has 1 atom stereocenters. The molecule has 0 radical (unpaired) electrons. The Balaban J connectivity index is 1.91. The summed E-state index contributed by atoms with van der Waals surface area (Å²) in [6.07, 6.45) is 2.37. The van der Waals surface area contributed by atoms with Crippen molar-refractivity contribution in [3.63, 3.8) is 0 Å². The van der Waals surface area contributed by atoms with Crippen molar-refractivity contribution in [2.24, 2.45) is 0 Å². The SMILES string of the molecule is Cc1cc(C(Br)c2ccc3c4c(cccc24)CC3)sc1Br. The lowest BCUT2D eigenvalue weighted by Gasteiger charge is -2.13. The Hall–Kier alpha value is -0.640. The van der Waals surface area contributed by atoms with Crippen molar-refractivity contribution in [3.8, 4) is 0 Å². The summed E-state index contributed by atoms with van der Waals surface area (Å²) in [5.74, 6) is 0. The van der Waals surface area contributed by atoms with Gasteiger partial charge >= 0.3 is 0 Å². The van der Waals surface area contributed by atoms with Gasteiger partial charge in [0.2, 0.25) is 0 Å². The number of hydrogen-bond acceptors (Lipinski definition) is 1. The first-order valence-electron chi connectivity index (χ1n) is 7.08. The van der Waals surface area contributed by atoms with E-state index in [2.05, 4.69) is 75.2 Å². The molecular formula is C18H14Br2S. The molecule has 3 aromatic rings. The van der Waals surface area contributed by atoms with Gasteiger partial charge in [0.05, 0.1) is 8.61 Å². The van der Waals surface area contributed by atoms with E-state index in [-0.39, 0.29) is 4.83 Å². The topological polar surface area (TPSA) is 0 Å². The molecule has 0 fully saturated rings. The summed E-state index contributed by atoms with van der Waals surface area (Å²) in [6.45, 7) is 2.15. The smallest absolute Gasteiger partial charge is 0.0744 e. The molecule has 0 aliphatic heterocycles. The van der Waals surface area contributed by atoms with Crippen LogP contribution >= 0.6 is 43.2 Å². The zero-order valence-electron chi connectivity index (χ0n) is 11.6. The molecule has 0 N–H and O–H groups in total. The van der Waals surface area contributed by atoms with Gasteiger partial charge in [-0.25, -0.2) is 0 Å². The molecule has 1 aliphatic carbocycles. The third-order valence-electron chi connectivity index (χ3n) is 4.31. The highest BCUT2D eigenvalue weighted by Crippen LogP contribution is 2.43. The van der Waals surface area contributed by atoms with Crippen molar-refractivity contribution in [2.75, 3.05) is 0 Å². The zero-order chi connectivity index (χ0) is 14.6. The van der Waals surface area contributed by atoms with Crippen LogP contribution in [0.2, 0.25) is 0 Å². The Bertz CT molecular complexity index is 818. The van der Waals surface area contributed by atoms with E-state index in [9.17, 15) is 0 Å². The van der Waals surface area contributed by atoms with Gasteiger partial charge in [0.25, 0.3) is 0 Å². The maximum Gasteiger partial charge on any atom is 0.0744 e. The van der Waals surface area contributed by atoms with Crippen molar-refractivity contribution in [2.45, 2.75) is 24.6 Å². The highest BCUT2D eigenvalue weighted by molar-refractivity contribution is 9.11. The van der Waals surface area contributed by atoms with Gasteiger partial charge in [-0.3, -0.25) is 0 Å². The van der Waals surface area contributed by atoms with Gasteiger partial charge in [-0.2, -0.15) is 0 Å². The molecule has 0 nitrogen and oxygen atoms in total. The first-order chi connectivity index (χ1) is 10.1. The van der Waals surface area contributed by atoms with E-state index < -0.39 is 0 Å². The molecule has 1 aliphatic rings. The summed E-state index contributed by atoms with van der Waals surface area (Å²) in [5.41, 5.74) is 5.71. The first kappa shape index (κ1) is 14.0. The number of thiophene rings is 1. The van der Waals surface area contributed by atoms with Crippen LogP contribution in [0.5, 0.6) is 0 Å². The largest absolute Gasteiger partial charge is 0.131 e. The Labute approximate surface area is 145 Å². The quantitative estimate of drug-likeness (QED) is 0.411. The molecule has 0 bridgehead atoms. The monoisotopic (exact) mass is 420 g/mol. The number of alkyl halides is 1. The van der Waals surface area contributed by atoms with Crippen molar-refractivity contribution in [3.05, 3.63) is 67.3 Å². The molecule has 2 aromatic carbocycles. The molecule has 0 amide bonds. The highest BCUT2D eigenvalue weighted by atomic mass is 79.9. The fourth-order valence-electron chi connectivity index (χ4n) is 3.25. The van der Waals surface area contributed by atoms with Gasteiger partial charge in [0.15, 0.2) is 0 Å². The summed E-state index contributed by atoms with van der Waals surface area (Å²) >= 11 is 9.38. The van der Waals surface area contributed by atoms with Crippen LogP contribution in [0, 0.1) is 6.92 Å². The fraction of sp³-hybridized carbons (Fsp3) is 0.222. The maximum atomic E-state index is 3.92. The van der Waals surface area contributed by atoms with Gasteiger partial charge in [-0.1, -0.05) is 46.3 Å². The van der Waals surface area contributed by atoms with Gasteiger partial charge in [-0.05, 0) is 74.8 Å². The Morgan fingerprint density at radius 3 is 2.57 bits per heavy atom. The second kappa shape index (κ2) is 5.22. The molecule has 0 saturated carbocycles. The number of rotatable bonds is 2. The Morgan fingerprint density at radius 2 is 1.86 bits per heavy atom. The number of benzene rings is 2. The predicted molar refractivity (Wildman–Crippen MR) is 98.9 cm³/mol.